The first kappa shape index (κ1) is 18.8. The first-order valence-corrected chi connectivity index (χ1v) is 8.97. The lowest BCUT2D eigenvalue weighted by molar-refractivity contribution is 0.0849. The fourth-order valence-corrected chi connectivity index (χ4v) is 3.35. The van der Waals surface area contributed by atoms with E-state index in [9.17, 15) is 14.0 Å². The van der Waals surface area contributed by atoms with Crippen LogP contribution >= 0.6 is 22.9 Å². The van der Waals surface area contributed by atoms with Gasteiger partial charge < -0.3 is 5.32 Å². The van der Waals surface area contributed by atoms with Crippen molar-refractivity contribution < 1.29 is 14.0 Å². The third-order valence-corrected chi connectivity index (χ3v) is 4.89. The number of thiophene rings is 1. The zero-order valence-electron chi connectivity index (χ0n) is 14.0. The summed E-state index contributed by atoms with van der Waals surface area (Å²) in [5.41, 5.74) is 5.74. The number of halogens is 2. The molecule has 0 aliphatic carbocycles. The summed E-state index contributed by atoms with van der Waals surface area (Å²) in [6, 6.07) is 12.3. The number of amides is 2. The first-order valence-electron chi connectivity index (χ1n) is 7.78. The summed E-state index contributed by atoms with van der Waals surface area (Å²) in [5.74, 6) is -0.884. The van der Waals surface area contributed by atoms with Crippen molar-refractivity contribution in [2.24, 2.45) is 0 Å². The van der Waals surface area contributed by atoms with Crippen molar-refractivity contribution in [2.45, 2.75) is 0 Å². The Bertz CT molecular complexity index is 991. The van der Waals surface area contributed by atoms with Gasteiger partial charge in [-0.1, -0.05) is 23.7 Å². The highest BCUT2D eigenvalue weighted by Crippen LogP contribution is 2.28. The third kappa shape index (κ3) is 4.60. The maximum absolute atomic E-state index is 13.0. The zero-order chi connectivity index (χ0) is 19.4. The molecule has 0 aliphatic heterocycles. The maximum Gasteiger partial charge on any atom is 0.279 e. The van der Waals surface area contributed by atoms with Gasteiger partial charge in [-0.3, -0.25) is 20.4 Å². The third-order valence-electron chi connectivity index (χ3n) is 3.56. The Morgan fingerprint density at radius 2 is 1.74 bits per heavy atom. The summed E-state index contributed by atoms with van der Waals surface area (Å²) in [4.78, 5) is 29.6. The number of hydrazine groups is 1. The summed E-state index contributed by atoms with van der Waals surface area (Å²) < 4.78 is 13.0. The summed E-state index contributed by atoms with van der Waals surface area (Å²) in [5, 5.41) is 2.94. The van der Waals surface area contributed by atoms with E-state index in [1.54, 1.807) is 31.3 Å². The molecule has 3 N–H and O–H groups in total. The number of benzene rings is 1. The lowest BCUT2D eigenvalue weighted by Gasteiger charge is -2.08. The largest absolute Gasteiger partial charge is 0.373 e. The van der Waals surface area contributed by atoms with Crippen molar-refractivity contribution in [3.05, 3.63) is 69.9 Å². The van der Waals surface area contributed by atoms with Crippen molar-refractivity contribution in [1.29, 1.82) is 0 Å². The molecule has 2 heterocycles. The number of nitrogens with one attached hydrogen (secondary N) is 3. The van der Waals surface area contributed by atoms with E-state index < -0.39 is 11.8 Å². The van der Waals surface area contributed by atoms with Crippen LogP contribution in [-0.2, 0) is 0 Å². The van der Waals surface area contributed by atoms with E-state index in [4.69, 9.17) is 11.6 Å². The number of rotatable bonds is 4. The highest BCUT2D eigenvalue weighted by molar-refractivity contribution is 7.17. The molecule has 0 fully saturated rings. The lowest BCUT2D eigenvalue weighted by Crippen LogP contribution is -2.41. The van der Waals surface area contributed by atoms with E-state index in [-0.39, 0.29) is 16.5 Å². The Morgan fingerprint density at radius 3 is 2.44 bits per heavy atom. The molecular formula is C18H14ClFN4O2S. The Morgan fingerprint density at radius 1 is 1.04 bits per heavy atom. The van der Waals surface area contributed by atoms with Crippen LogP contribution in [0.15, 0.2) is 48.5 Å². The molecule has 3 aromatic rings. The van der Waals surface area contributed by atoms with E-state index in [0.717, 1.165) is 10.4 Å². The Labute approximate surface area is 163 Å². The molecular weight excluding hydrogens is 391 g/mol. The molecule has 0 aliphatic rings. The van der Waals surface area contributed by atoms with Gasteiger partial charge in [0, 0.05) is 17.5 Å². The molecule has 138 valence electrons. The van der Waals surface area contributed by atoms with Crippen molar-refractivity contribution in [2.75, 3.05) is 12.4 Å². The van der Waals surface area contributed by atoms with Crippen molar-refractivity contribution in [3.63, 3.8) is 0 Å². The number of hydrogen-bond acceptors (Lipinski definition) is 5. The minimum Gasteiger partial charge on any atom is -0.373 e. The minimum atomic E-state index is -0.528. The number of aromatic nitrogens is 1. The van der Waals surface area contributed by atoms with E-state index in [1.165, 1.54) is 35.6 Å². The van der Waals surface area contributed by atoms with Crippen molar-refractivity contribution >= 4 is 40.6 Å². The lowest BCUT2D eigenvalue weighted by atomic mass is 10.2. The van der Waals surface area contributed by atoms with Gasteiger partial charge in [0.15, 0.2) is 0 Å². The maximum atomic E-state index is 13.0. The van der Waals surface area contributed by atoms with Crippen LogP contribution in [0.4, 0.5) is 10.2 Å². The SMILES string of the molecule is CNc1cc(C(=O)NNC(=O)c2ccc(-c3ccc(F)cc3)s2)cc(Cl)n1. The van der Waals surface area contributed by atoms with Crippen LogP contribution in [0.5, 0.6) is 0 Å². The molecule has 0 atom stereocenters. The van der Waals surface area contributed by atoms with Gasteiger partial charge in [0.25, 0.3) is 11.8 Å². The molecule has 3 rings (SSSR count). The fraction of sp³-hybridized carbons (Fsp3) is 0.0556. The Hall–Kier alpha value is -2.97. The molecule has 9 heteroatoms. The molecule has 1 aromatic carbocycles. The molecule has 0 saturated heterocycles. The molecule has 0 spiro atoms. The molecule has 0 unspecified atom stereocenters. The molecule has 0 bridgehead atoms. The molecule has 0 radical (unpaired) electrons. The van der Waals surface area contributed by atoms with Gasteiger partial charge in [0.1, 0.15) is 16.8 Å². The predicted molar refractivity (Wildman–Crippen MR) is 103 cm³/mol. The standard InChI is InChI=1S/C18H14ClFN4O2S/c1-21-16-9-11(8-15(19)22-16)17(25)23-24-18(26)14-7-6-13(27-14)10-2-4-12(20)5-3-10/h2-9H,1H3,(H,21,22)(H,23,25)(H,24,26). The summed E-state index contributed by atoms with van der Waals surface area (Å²) >= 11 is 7.09. The quantitative estimate of drug-likeness (QED) is 0.457. The topological polar surface area (TPSA) is 83.1 Å². The number of carbonyl (C=O) groups excluding carboxylic acids is 2. The van der Waals surface area contributed by atoms with Gasteiger partial charge in [-0.15, -0.1) is 11.3 Å². The molecule has 2 amide bonds. The Kier molecular flexibility index (Phi) is 5.68. The van der Waals surface area contributed by atoms with Crippen LogP contribution in [0.3, 0.4) is 0 Å². The zero-order valence-corrected chi connectivity index (χ0v) is 15.6. The number of hydrogen-bond donors (Lipinski definition) is 3. The average molecular weight is 405 g/mol. The van der Waals surface area contributed by atoms with E-state index in [1.807, 2.05) is 0 Å². The van der Waals surface area contributed by atoms with E-state index >= 15 is 0 Å². The summed E-state index contributed by atoms with van der Waals surface area (Å²) in [6.45, 7) is 0. The fourth-order valence-electron chi connectivity index (χ4n) is 2.23. The summed E-state index contributed by atoms with van der Waals surface area (Å²) in [7, 11) is 1.65. The second-order valence-electron chi connectivity index (χ2n) is 5.39. The van der Waals surface area contributed by atoms with Crippen LogP contribution in [0.2, 0.25) is 5.15 Å². The number of carbonyl (C=O) groups is 2. The molecule has 2 aromatic heterocycles. The van der Waals surface area contributed by atoms with E-state index in [0.29, 0.717) is 10.7 Å². The second kappa shape index (κ2) is 8.15. The Balaban J connectivity index is 1.65. The highest BCUT2D eigenvalue weighted by atomic mass is 35.5. The predicted octanol–water partition coefficient (Wildman–Crippen LogP) is 3.72. The van der Waals surface area contributed by atoms with Crippen LogP contribution in [0.1, 0.15) is 20.0 Å². The van der Waals surface area contributed by atoms with Gasteiger partial charge in [-0.25, -0.2) is 9.37 Å². The molecule has 27 heavy (non-hydrogen) atoms. The van der Waals surface area contributed by atoms with Gasteiger partial charge in [0.05, 0.1) is 4.88 Å². The monoisotopic (exact) mass is 404 g/mol. The van der Waals surface area contributed by atoms with Crippen LogP contribution < -0.4 is 16.2 Å². The normalized spacial score (nSPS) is 10.3. The van der Waals surface area contributed by atoms with E-state index in [2.05, 4.69) is 21.2 Å². The van der Waals surface area contributed by atoms with Gasteiger partial charge in [-0.05, 0) is 42.0 Å². The average Bonchev–Trinajstić information content (AvgIpc) is 3.16. The van der Waals surface area contributed by atoms with Crippen molar-refractivity contribution in [3.8, 4) is 10.4 Å². The second-order valence-corrected chi connectivity index (χ2v) is 6.86. The number of anilines is 1. The van der Waals surface area contributed by atoms with Gasteiger partial charge >= 0.3 is 0 Å². The number of nitrogens with zero attached hydrogens (tertiary/aromatic N) is 1. The molecule has 0 saturated carbocycles. The minimum absolute atomic E-state index is 0.153. The summed E-state index contributed by atoms with van der Waals surface area (Å²) in [6.07, 6.45) is 0. The van der Waals surface area contributed by atoms with Crippen LogP contribution in [-0.4, -0.2) is 23.8 Å². The smallest absolute Gasteiger partial charge is 0.279 e. The highest BCUT2D eigenvalue weighted by Gasteiger charge is 2.13. The van der Waals surface area contributed by atoms with Gasteiger partial charge in [0.2, 0.25) is 0 Å². The van der Waals surface area contributed by atoms with Crippen LogP contribution in [0.25, 0.3) is 10.4 Å². The molecule has 6 nitrogen and oxygen atoms in total. The number of pyridine rings is 1. The van der Waals surface area contributed by atoms with Crippen molar-refractivity contribution in [1.82, 2.24) is 15.8 Å². The first-order chi connectivity index (χ1) is 13.0. The van der Waals surface area contributed by atoms with Gasteiger partial charge in [-0.2, -0.15) is 0 Å². The van der Waals surface area contributed by atoms with Crippen LogP contribution in [0, 0.1) is 5.82 Å².